The third-order valence-corrected chi connectivity index (χ3v) is 1.85. The first-order valence-electron chi connectivity index (χ1n) is 3.79. The molecule has 1 aromatic heterocycles. The molecule has 0 aliphatic rings. The van der Waals surface area contributed by atoms with Crippen LogP contribution in [0, 0.1) is 0 Å². The van der Waals surface area contributed by atoms with Gasteiger partial charge in [0.1, 0.15) is 11.8 Å². The molecule has 3 heteroatoms. The van der Waals surface area contributed by atoms with Gasteiger partial charge in [-0.15, -0.1) is 0 Å². The van der Waals surface area contributed by atoms with E-state index in [0.29, 0.717) is 0 Å². The van der Waals surface area contributed by atoms with Crippen molar-refractivity contribution in [2.24, 2.45) is 0 Å². The summed E-state index contributed by atoms with van der Waals surface area (Å²) in [5.74, 6) is 0. The summed E-state index contributed by atoms with van der Waals surface area (Å²) in [7, 11) is 3.98. The predicted molar refractivity (Wildman–Crippen MR) is 48.3 cm³/mol. The van der Waals surface area contributed by atoms with Crippen molar-refractivity contribution in [1.82, 2.24) is 5.16 Å². The van der Waals surface area contributed by atoms with Crippen LogP contribution < -0.4 is 4.90 Å². The lowest BCUT2D eigenvalue weighted by atomic mass is 10.2. The molecular formula is C9H10N2O. The number of hydrogen-bond acceptors (Lipinski definition) is 3. The Balaban J connectivity index is 2.73. The molecule has 2 aromatic rings. The maximum atomic E-state index is 4.88. The molecule has 0 atom stereocenters. The molecule has 12 heavy (non-hydrogen) atoms. The molecule has 0 aliphatic heterocycles. The largest absolute Gasteiger partial charge is 0.376 e. The molecule has 1 aromatic carbocycles. The van der Waals surface area contributed by atoms with Crippen LogP contribution in [-0.4, -0.2) is 19.3 Å². The summed E-state index contributed by atoms with van der Waals surface area (Å²) >= 11 is 0. The quantitative estimate of drug-likeness (QED) is 0.641. The first-order chi connectivity index (χ1) is 5.79. The Morgan fingerprint density at radius 1 is 1.33 bits per heavy atom. The fourth-order valence-electron chi connectivity index (χ4n) is 1.24. The minimum Gasteiger partial charge on any atom is -0.376 e. The van der Waals surface area contributed by atoms with Crippen molar-refractivity contribution in [1.29, 1.82) is 0 Å². The van der Waals surface area contributed by atoms with Gasteiger partial charge in [-0.25, -0.2) is 0 Å². The van der Waals surface area contributed by atoms with Gasteiger partial charge in [-0.2, -0.15) is 0 Å². The van der Waals surface area contributed by atoms with Crippen molar-refractivity contribution in [2.45, 2.75) is 0 Å². The molecule has 0 N–H and O–H groups in total. The van der Waals surface area contributed by atoms with Gasteiger partial charge in [-0.05, 0) is 12.1 Å². The summed E-state index contributed by atoms with van der Waals surface area (Å²) in [6.45, 7) is 0. The Bertz CT molecular complexity index is 392. The second-order valence-corrected chi connectivity index (χ2v) is 2.92. The van der Waals surface area contributed by atoms with Crippen LogP contribution in [0.4, 0.5) is 5.69 Å². The van der Waals surface area contributed by atoms with Gasteiger partial charge >= 0.3 is 0 Å². The van der Waals surface area contributed by atoms with Gasteiger partial charge in [-0.3, -0.25) is 0 Å². The van der Waals surface area contributed by atoms with Gasteiger partial charge < -0.3 is 9.42 Å². The molecule has 0 fully saturated rings. The zero-order valence-corrected chi connectivity index (χ0v) is 7.11. The maximum absolute atomic E-state index is 4.88. The van der Waals surface area contributed by atoms with Gasteiger partial charge in [0.2, 0.25) is 0 Å². The molecule has 0 unspecified atom stereocenters. The molecule has 1 heterocycles. The average molecular weight is 162 g/mol. The highest BCUT2D eigenvalue weighted by Gasteiger charge is 2.04. The molecule has 0 amide bonds. The van der Waals surface area contributed by atoms with Crippen LogP contribution in [0.2, 0.25) is 0 Å². The van der Waals surface area contributed by atoms with E-state index in [1.165, 1.54) is 0 Å². The standard InChI is InChI=1S/C9H10N2O/c1-11(2)8-5-3-4-7-6-12-10-9(7)8/h3-6H,1-2H3. The normalized spacial score (nSPS) is 10.5. The van der Waals surface area contributed by atoms with Crippen LogP contribution in [0.25, 0.3) is 10.9 Å². The number of benzene rings is 1. The first-order valence-corrected chi connectivity index (χ1v) is 3.79. The van der Waals surface area contributed by atoms with E-state index in [1.54, 1.807) is 6.26 Å². The molecule has 0 aliphatic carbocycles. The highest BCUT2D eigenvalue weighted by atomic mass is 16.5. The number of hydrogen-bond donors (Lipinski definition) is 0. The minimum absolute atomic E-state index is 0.919. The Labute approximate surface area is 70.6 Å². The monoisotopic (exact) mass is 162 g/mol. The fraction of sp³-hybridized carbons (Fsp3) is 0.222. The van der Waals surface area contributed by atoms with Crippen molar-refractivity contribution in [3.63, 3.8) is 0 Å². The van der Waals surface area contributed by atoms with Crippen LogP contribution in [-0.2, 0) is 0 Å². The maximum Gasteiger partial charge on any atom is 0.137 e. The lowest BCUT2D eigenvalue weighted by molar-refractivity contribution is 0.428. The van der Waals surface area contributed by atoms with E-state index in [4.69, 9.17) is 4.52 Å². The fourth-order valence-corrected chi connectivity index (χ4v) is 1.24. The molecule has 3 nitrogen and oxygen atoms in total. The highest BCUT2D eigenvalue weighted by Crippen LogP contribution is 2.23. The number of aromatic nitrogens is 1. The summed E-state index contributed by atoms with van der Waals surface area (Å²) < 4.78 is 4.88. The molecular weight excluding hydrogens is 152 g/mol. The number of fused-ring (bicyclic) bond motifs is 1. The summed E-state index contributed by atoms with van der Waals surface area (Å²) in [5.41, 5.74) is 2.00. The lowest BCUT2D eigenvalue weighted by Crippen LogP contribution is -2.08. The van der Waals surface area contributed by atoms with Gasteiger partial charge in [0.15, 0.2) is 0 Å². The van der Waals surface area contributed by atoms with Gasteiger partial charge in [-0.1, -0.05) is 11.2 Å². The van der Waals surface area contributed by atoms with E-state index in [0.717, 1.165) is 16.6 Å². The van der Waals surface area contributed by atoms with E-state index in [9.17, 15) is 0 Å². The summed E-state index contributed by atoms with van der Waals surface area (Å²) in [4.78, 5) is 2.02. The molecule has 62 valence electrons. The molecule has 2 rings (SSSR count). The SMILES string of the molecule is CN(C)c1cccc2conc12. The Hall–Kier alpha value is -1.51. The molecule has 0 saturated carbocycles. The van der Waals surface area contributed by atoms with Crippen LogP contribution in [0.15, 0.2) is 29.0 Å². The topological polar surface area (TPSA) is 29.3 Å². The van der Waals surface area contributed by atoms with Gasteiger partial charge in [0.05, 0.1) is 5.69 Å². The molecule has 0 bridgehead atoms. The van der Waals surface area contributed by atoms with E-state index in [-0.39, 0.29) is 0 Å². The first kappa shape index (κ1) is 7.16. The van der Waals surface area contributed by atoms with Crippen LogP contribution >= 0.6 is 0 Å². The van der Waals surface area contributed by atoms with E-state index in [1.807, 2.05) is 37.2 Å². The Kier molecular flexibility index (Phi) is 1.50. The van der Waals surface area contributed by atoms with Crippen LogP contribution in [0.1, 0.15) is 0 Å². The summed E-state index contributed by atoms with van der Waals surface area (Å²) in [6, 6.07) is 6.00. The van der Waals surface area contributed by atoms with Crippen LogP contribution in [0.5, 0.6) is 0 Å². The van der Waals surface area contributed by atoms with E-state index in [2.05, 4.69) is 5.16 Å². The lowest BCUT2D eigenvalue weighted by Gasteiger charge is -2.11. The van der Waals surface area contributed by atoms with E-state index >= 15 is 0 Å². The highest BCUT2D eigenvalue weighted by molar-refractivity contribution is 5.89. The number of nitrogens with zero attached hydrogens (tertiary/aromatic N) is 2. The number of rotatable bonds is 1. The number of anilines is 1. The van der Waals surface area contributed by atoms with Crippen molar-refractivity contribution in [3.8, 4) is 0 Å². The van der Waals surface area contributed by atoms with Gasteiger partial charge in [0, 0.05) is 19.5 Å². The molecule has 0 radical (unpaired) electrons. The van der Waals surface area contributed by atoms with Crippen molar-refractivity contribution < 1.29 is 4.52 Å². The molecule has 0 spiro atoms. The zero-order valence-electron chi connectivity index (χ0n) is 7.11. The third-order valence-electron chi connectivity index (χ3n) is 1.85. The second-order valence-electron chi connectivity index (χ2n) is 2.92. The second kappa shape index (κ2) is 2.52. The van der Waals surface area contributed by atoms with Crippen molar-refractivity contribution in [3.05, 3.63) is 24.5 Å². The van der Waals surface area contributed by atoms with Crippen LogP contribution in [0.3, 0.4) is 0 Å². The summed E-state index contributed by atoms with van der Waals surface area (Å²) in [6.07, 6.45) is 1.66. The minimum atomic E-state index is 0.919. The third kappa shape index (κ3) is 0.942. The Morgan fingerprint density at radius 2 is 2.17 bits per heavy atom. The average Bonchev–Trinajstić information content (AvgIpc) is 2.49. The van der Waals surface area contributed by atoms with Crippen molar-refractivity contribution in [2.75, 3.05) is 19.0 Å². The Morgan fingerprint density at radius 3 is 2.92 bits per heavy atom. The van der Waals surface area contributed by atoms with Crippen molar-refractivity contribution >= 4 is 16.6 Å². The smallest absolute Gasteiger partial charge is 0.137 e. The van der Waals surface area contributed by atoms with Gasteiger partial charge in [0.25, 0.3) is 0 Å². The molecule has 0 saturated heterocycles. The van der Waals surface area contributed by atoms with E-state index < -0.39 is 0 Å². The zero-order chi connectivity index (χ0) is 8.55. The predicted octanol–water partition coefficient (Wildman–Crippen LogP) is 1.89. The summed E-state index contributed by atoms with van der Waals surface area (Å²) in [5, 5.41) is 4.97.